The van der Waals surface area contributed by atoms with Crippen LogP contribution in [0, 0.1) is 12.8 Å². The van der Waals surface area contributed by atoms with Crippen LogP contribution in [0.4, 0.5) is 0 Å². The van der Waals surface area contributed by atoms with E-state index in [4.69, 9.17) is 9.72 Å². The molecule has 0 radical (unpaired) electrons. The summed E-state index contributed by atoms with van der Waals surface area (Å²) in [6.45, 7) is 4.21. The Balaban J connectivity index is 1.49. The van der Waals surface area contributed by atoms with E-state index in [1.165, 1.54) is 24.1 Å². The molecule has 1 fully saturated rings. The summed E-state index contributed by atoms with van der Waals surface area (Å²) in [5.41, 5.74) is 3.69. The molecule has 1 aromatic rings. The van der Waals surface area contributed by atoms with Crippen LogP contribution in [0.2, 0.25) is 0 Å². The molecule has 1 atom stereocenters. The van der Waals surface area contributed by atoms with Crippen LogP contribution in [0.1, 0.15) is 48.5 Å². The minimum absolute atomic E-state index is 0.116. The molecule has 1 N–H and O–H groups in total. The van der Waals surface area contributed by atoms with Gasteiger partial charge in [-0.25, -0.2) is 9.97 Å². The van der Waals surface area contributed by atoms with E-state index in [-0.39, 0.29) is 5.91 Å². The Labute approximate surface area is 131 Å². The first-order valence-electron chi connectivity index (χ1n) is 8.42. The molecule has 1 aliphatic carbocycles. The molecule has 0 spiro atoms. The topological polar surface area (TPSA) is 64.1 Å². The maximum absolute atomic E-state index is 11.9. The Morgan fingerprint density at radius 2 is 2.18 bits per heavy atom. The summed E-state index contributed by atoms with van der Waals surface area (Å²) in [7, 11) is 0. The highest BCUT2D eigenvalue weighted by atomic mass is 16.5. The highest BCUT2D eigenvalue weighted by Gasteiger charge is 2.19. The molecule has 0 saturated carbocycles. The van der Waals surface area contributed by atoms with Gasteiger partial charge >= 0.3 is 0 Å². The Bertz CT molecular complexity index is 539. The quantitative estimate of drug-likeness (QED) is 0.900. The SMILES string of the molecule is Cc1nc(CCNC(=O)C[C@@H]2CCOC2)nc2c1CCCC2. The second-order valence-corrected chi connectivity index (χ2v) is 6.39. The second-order valence-electron chi connectivity index (χ2n) is 6.39. The van der Waals surface area contributed by atoms with E-state index in [1.54, 1.807) is 0 Å². The van der Waals surface area contributed by atoms with Gasteiger partial charge in [0.2, 0.25) is 5.91 Å². The third-order valence-electron chi connectivity index (χ3n) is 4.61. The number of carbonyl (C=O) groups is 1. The van der Waals surface area contributed by atoms with Crippen LogP contribution in [0.15, 0.2) is 0 Å². The van der Waals surface area contributed by atoms with Crippen LogP contribution >= 0.6 is 0 Å². The van der Waals surface area contributed by atoms with Gasteiger partial charge in [0.15, 0.2) is 0 Å². The zero-order valence-electron chi connectivity index (χ0n) is 13.4. The van der Waals surface area contributed by atoms with Gasteiger partial charge < -0.3 is 10.1 Å². The molecule has 0 aromatic carbocycles. The van der Waals surface area contributed by atoms with Gasteiger partial charge in [0.1, 0.15) is 5.82 Å². The zero-order chi connectivity index (χ0) is 15.4. The maximum atomic E-state index is 11.9. The van der Waals surface area contributed by atoms with Crippen LogP contribution in [-0.4, -0.2) is 35.6 Å². The van der Waals surface area contributed by atoms with Crippen molar-refractivity contribution in [3.8, 4) is 0 Å². The lowest BCUT2D eigenvalue weighted by Crippen LogP contribution is -2.28. The number of aryl methyl sites for hydroxylation is 2. The first-order chi connectivity index (χ1) is 10.7. The smallest absolute Gasteiger partial charge is 0.220 e. The summed E-state index contributed by atoms with van der Waals surface area (Å²) in [6, 6.07) is 0. The van der Waals surface area contributed by atoms with Crippen LogP contribution in [-0.2, 0) is 28.8 Å². The molecule has 3 rings (SSSR count). The Hall–Kier alpha value is -1.49. The van der Waals surface area contributed by atoms with Gasteiger partial charge in [0.25, 0.3) is 0 Å². The van der Waals surface area contributed by atoms with E-state index >= 15 is 0 Å². The van der Waals surface area contributed by atoms with Gasteiger partial charge in [-0.05, 0) is 50.5 Å². The van der Waals surface area contributed by atoms with Crippen molar-refractivity contribution in [2.45, 2.75) is 51.9 Å². The molecule has 120 valence electrons. The molecule has 2 aliphatic rings. The largest absolute Gasteiger partial charge is 0.381 e. The van der Waals surface area contributed by atoms with Crippen molar-refractivity contribution in [2.75, 3.05) is 19.8 Å². The molecule has 1 aromatic heterocycles. The number of aromatic nitrogens is 2. The molecule has 1 amide bonds. The predicted molar refractivity (Wildman–Crippen MR) is 83.7 cm³/mol. The summed E-state index contributed by atoms with van der Waals surface area (Å²) < 4.78 is 5.30. The predicted octanol–water partition coefficient (Wildman–Crippen LogP) is 1.75. The second kappa shape index (κ2) is 7.18. The number of nitrogens with one attached hydrogen (secondary N) is 1. The Morgan fingerprint density at radius 3 is 3.00 bits per heavy atom. The lowest BCUT2D eigenvalue weighted by molar-refractivity contribution is -0.122. The van der Waals surface area contributed by atoms with Crippen LogP contribution in [0.25, 0.3) is 0 Å². The normalized spacial score (nSPS) is 20.7. The molecule has 1 saturated heterocycles. The fourth-order valence-corrected chi connectivity index (χ4v) is 3.35. The number of rotatable bonds is 5. The molecule has 2 heterocycles. The Kier molecular flexibility index (Phi) is 5.03. The van der Waals surface area contributed by atoms with Gasteiger partial charge in [-0.2, -0.15) is 0 Å². The lowest BCUT2D eigenvalue weighted by Gasteiger charge is -2.17. The molecule has 0 unspecified atom stereocenters. The summed E-state index contributed by atoms with van der Waals surface area (Å²) in [6.07, 6.45) is 6.94. The summed E-state index contributed by atoms with van der Waals surface area (Å²) in [5.74, 6) is 1.37. The zero-order valence-corrected chi connectivity index (χ0v) is 13.4. The fourth-order valence-electron chi connectivity index (χ4n) is 3.35. The van der Waals surface area contributed by atoms with Crippen LogP contribution in [0.5, 0.6) is 0 Å². The van der Waals surface area contributed by atoms with Gasteiger partial charge in [0, 0.05) is 44.0 Å². The molecule has 22 heavy (non-hydrogen) atoms. The van der Waals surface area contributed by atoms with E-state index < -0.39 is 0 Å². The van der Waals surface area contributed by atoms with Crippen molar-refractivity contribution < 1.29 is 9.53 Å². The minimum Gasteiger partial charge on any atom is -0.381 e. The third kappa shape index (κ3) is 3.83. The summed E-state index contributed by atoms with van der Waals surface area (Å²) in [5, 5.41) is 2.98. The number of amides is 1. The molecule has 5 nitrogen and oxygen atoms in total. The van der Waals surface area contributed by atoms with Crippen molar-refractivity contribution in [3.05, 3.63) is 22.8 Å². The fraction of sp³-hybridized carbons (Fsp3) is 0.706. The van der Waals surface area contributed by atoms with Crippen molar-refractivity contribution in [1.29, 1.82) is 0 Å². The molecular weight excluding hydrogens is 278 g/mol. The number of carbonyl (C=O) groups excluding carboxylic acids is 1. The van der Waals surface area contributed by atoms with Gasteiger partial charge in [-0.15, -0.1) is 0 Å². The average molecular weight is 303 g/mol. The van der Waals surface area contributed by atoms with Crippen molar-refractivity contribution in [2.24, 2.45) is 5.92 Å². The van der Waals surface area contributed by atoms with Crippen molar-refractivity contribution in [3.63, 3.8) is 0 Å². The number of hydrogen-bond acceptors (Lipinski definition) is 4. The number of ether oxygens (including phenoxy) is 1. The molecule has 1 aliphatic heterocycles. The number of nitrogens with zero attached hydrogens (tertiary/aromatic N) is 2. The van der Waals surface area contributed by atoms with Crippen molar-refractivity contribution in [1.82, 2.24) is 15.3 Å². The average Bonchev–Trinajstić information content (AvgIpc) is 3.00. The van der Waals surface area contributed by atoms with E-state index in [2.05, 4.69) is 17.2 Å². The van der Waals surface area contributed by atoms with Gasteiger partial charge in [0.05, 0.1) is 0 Å². The van der Waals surface area contributed by atoms with Gasteiger partial charge in [-0.3, -0.25) is 4.79 Å². The van der Waals surface area contributed by atoms with E-state index in [0.717, 1.165) is 44.0 Å². The summed E-state index contributed by atoms with van der Waals surface area (Å²) >= 11 is 0. The minimum atomic E-state index is 0.116. The molecular formula is C17H25N3O2. The number of fused-ring (bicyclic) bond motifs is 1. The highest BCUT2D eigenvalue weighted by Crippen LogP contribution is 2.21. The first kappa shape index (κ1) is 15.4. The van der Waals surface area contributed by atoms with Crippen LogP contribution in [0.3, 0.4) is 0 Å². The molecule has 5 heteroatoms. The van der Waals surface area contributed by atoms with E-state index in [1.807, 2.05) is 0 Å². The van der Waals surface area contributed by atoms with Crippen LogP contribution < -0.4 is 5.32 Å². The van der Waals surface area contributed by atoms with E-state index in [9.17, 15) is 4.79 Å². The Morgan fingerprint density at radius 1 is 1.32 bits per heavy atom. The van der Waals surface area contributed by atoms with Gasteiger partial charge in [-0.1, -0.05) is 0 Å². The standard InChI is InChI=1S/C17H25N3O2/c1-12-14-4-2-3-5-15(14)20-16(19-12)6-8-18-17(21)10-13-7-9-22-11-13/h13H,2-11H2,1H3,(H,18,21)/t13-/m0/s1. The van der Waals surface area contributed by atoms with E-state index in [0.29, 0.717) is 25.3 Å². The van der Waals surface area contributed by atoms with Crippen molar-refractivity contribution >= 4 is 5.91 Å². The highest BCUT2D eigenvalue weighted by molar-refractivity contribution is 5.76. The third-order valence-corrected chi connectivity index (χ3v) is 4.61. The molecule has 0 bridgehead atoms. The number of hydrogen-bond donors (Lipinski definition) is 1. The first-order valence-corrected chi connectivity index (χ1v) is 8.42. The monoisotopic (exact) mass is 303 g/mol. The lowest BCUT2D eigenvalue weighted by atomic mass is 9.95. The maximum Gasteiger partial charge on any atom is 0.220 e. The summed E-state index contributed by atoms with van der Waals surface area (Å²) in [4.78, 5) is 21.2.